The van der Waals surface area contributed by atoms with E-state index in [1.165, 1.54) is 12.7 Å². The highest BCUT2D eigenvalue weighted by Crippen LogP contribution is 2.62. The first-order valence-corrected chi connectivity index (χ1v) is 13.6. The van der Waals surface area contributed by atoms with Gasteiger partial charge in [-0.25, -0.2) is 24.5 Å². The van der Waals surface area contributed by atoms with Crippen LogP contribution in [0.5, 0.6) is 0 Å². The summed E-state index contributed by atoms with van der Waals surface area (Å²) < 4.78 is 36.8. The van der Waals surface area contributed by atoms with Crippen LogP contribution in [-0.2, 0) is 33.2 Å². The molecule has 1 aliphatic carbocycles. The molecule has 4 heterocycles. The highest BCUT2D eigenvalue weighted by molar-refractivity contribution is 6.12. The van der Waals surface area contributed by atoms with Crippen molar-refractivity contribution in [3.05, 3.63) is 12.7 Å². The van der Waals surface area contributed by atoms with Gasteiger partial charge in [-0.1, -0.05) is 0 Å². The molecule has 1 saturated carbocycles. The molecule has 5 atom stereocenters. The molecule has 224 valence electrons. The van der Waals surface area contributed by atoms with Crippen molar-refractivity contribution in [2.45, 2.75) is 110 Å². The summed E-state index contributed by atoms with van der Waals surface area (Å²) in [6.07, 6.45) is -0.824. The Hall–Kier alpha value is -3.36. The molecule has 2 saturated heterocycles. The minimum Gasteiger partial charge on any atom is -0.466 e. The van der Waals surface area contributed by atoms with Crippen molar-refractivity contribution in [1.82, 2.24) is 19.5 Å². The van der Waals surface area contributed by atoms with E-state index in [1.54, 1.807) is 66.9 Å². The first kappa shape index (κ1) is 29.1. The number of rotatable bonds is 4. The van der Waals surface area contributed by atoms with Crippen LogP contribution < -0.4 is 4.90 Å². The van der Waals surface area contributed by atoms with Crippen molar-refractivity contribution in [2.75, 3.05) is 11.5 Å². The predicted octanol–water partition coefficient (Wildman–Crippen LogP) is 3.87. The summed E-state index contributed by atoms with van der Waals surface area (Å²) in [4.78, 5) is 52.9. The maximum Gasteiger partial charge on any atom is 0.425 e. The van der Waals surface area contributed by atoms with E-state index < -0.39 is 59.1 Å². The maximum absolute atomic E-state index is 13.3. The second-order valence-electron chi connectivity index (χ2n) is 12.8. The van der Waals surface area contributed by atoms with Gasteiger partial charge in [-0.2, -0.15) is 4.90 Å². The van der Waals surface area contributed by atoms with Gasteiger partial charge < -0.3 is 28.4 Å². The number of imide groups is 1. The number of hydrogen-bond donors (Lipinski definition) is 0. The molecule has 1 spiro atoms. The number of anilines is 1. The average molecular weight is 576 g/mol. The number of carbonyl (C=O) groups is 3. The molecule has 5 rings (SSSR count). The lowest BCUT2D eigenvalue weighted by atomic mass is 10.1. The molecule has 1 unspecified atom stereocenters. The van der Waals surface area contributed by atoms with E-state index >= 15 is 0 Å². The van der Waals surface area contributed by atoms with E-state index in [0.29, 0.717) is 11.3 Å². The number of esters is 1. The van der Waals surface area contributed by atoms with Crippen LogP contribution in [0.4, 0.5) is 15.4 Å². The average Bonchev–Trinajstić information content (AvgIpc) is 3.06. The van der Waals surface area contributed by atoms with Gasteiger partial charge in [0.1, 0.15) is 35.3 Å². The lowest BCUT2D eigenvalue weighted by molar-refractivity contribution is -0.205. The molecule has 3 fully saturated rings. The summed E-state index contributed by atoms with van der Waals surface area (Å²) in [5, 5.41) is 0. The second kappa shape index (κ2) is 9.60. The van der Waals surface area contributed by atoms with Crippen molar-refractivity contribution in [3.8, 4) is 0 Å². The first-order chi connectivity index (χ1) is 19.0. The van der Waals surface area contributed by atoms with Crippen LogP contribution in [0.25, 0.3) is 11.2 Å². The van der Waals surface area contributed by atoms with Gasteiger partial charge in [0.25, 0.3) is 0 Å². The van der Waals surface area contributed by atoms with Crippen molar-refractivity contribution >= 4 is 35.1 Å². The molecular weight excluding hydrogens is 538 g/mol. The van der Waals surface area contributed by atoms with Crippen LogP contribution >= 0.6 is 0 Å². The van der Waals surface area contributed by atoms with E-state index in [1.807, 2.05) is 0 Å². The summed E-state index contributed by atoms with van der Waals surface area (Å²) in [5.74, 6) is -1.91. The van der Waals surface area contributed by atoms with Crippen LogP contribution in [-0.4, -0.2) is 79.1 Å². The number of hydrogen-bond acceptors (Lipinski definition) is 12. The van der Waals surface area contributed by atoms with Crippen LogP contribution in [0.2, 0.25) is 0 Å². The molecule has 14 nitrogen and oxygen atoms in total. The summed E-state index contributed by atoms with van der Waals surface area (Å²) in [6.45, 7) is 15.7. The Morgan fingerprint density at radius 3 is 2.22 bits per heavy atom. The second-order valence-corrected chi connectivity index (χ2v) is 12.8. The van der Waals surface area contributed by atoms with E-state index in [0.717, 1.165) is 0 Å². The van der Waals surface area contributed by atoms with Gasteiger partial charge in [0.15, 0.2) is 29.0 Å². The van der Waals surface area contributed by atoms with Crippen LogP contribution in [0.1, 0.15) is 75.0 Å². The molecule has 0 aromatic carbocycles. The van der Waals surface area contributed by atoms with Crippen molar-refractivity contribution < 1.29 is 42.8 Å². The Morgan fingerprint density at radius 2 is 1.63 bits per heavy atom. The van der Waals surface area contributed by atoms with Gasteiger partial charge in [0.2, 0.25) is 0 Å². The normalized spacial score (nSPS) is 28.4. The number of carbonyl (C=O) groups excluding carboxylic acids is 3. The third-order valence-electron chi connectivity index (χ3n) is 6.73. The van der Waals surface area contributed by atoms with Crippen molar-refractivity contribution in [1.29, 1.82) is 0 Å². The van der Waals surface area contributed by atoms with Crippen molar-refractivity contribution in [2.24, 2.45) is 5.92 Å². The Labute approximate surface area is 237 Å². The molecule has 2 amide bonds. The van der Waals surface area contributed by atoms with Gasteiger partial charge in [-0.15, -0.1) is 0 Å². The number of aromatic nitrogens is 4. The molecule has 2 aliphatic heterocycles. The van der Waals surface area contributed by atoms with Crippen LogP contribution in [0.15, 0.2) is 12.7 Å². The van der Waals surface area contributed by atoms with Crippen LogP contribution in [0, 0.1) is 5.92 Å². The number of imidazole rings is 1. The van der Waals surface area contributed by atoms with Gasteiger partial charge in [-0.05, 0) is 68.7 Å². The Kier molecular flexibility index (Phi) is 6.82. The fourth-order valence-corrected chi connectivity index (χ4v) is 5.23. The zero-order valence-corrected chi connectivity index (χ0v) is 24.8. The van der Waals surface area contributed by atoms with Gasteiger partial charge in [-0.3, -0.25) is 9.36 Å². The molecule has 41 heavy (non-hydrogen) atoms. The summed E-state index contributed by atoms with van der Waals surface area (Å²) in [5.41, 5.74) is -2.36. The lowest BCUT2D eigenvalue weighted by Crippen LogP contribution is -2.44. The van der Waals surface area contributed by atoms with E-state index in [2.05, 4.69) is 15.0 Å². The molecule has 0 N–H and O–H groups in total. The molecule has 0 bridgehead atoms. The smallest absolute Gasteiger partial charge is 0.425 e. The van der Waals surface area contributed by atoms with Gasteiger partial charge >= 0.3 is 18.2 Å². The zero-order valence-electron chi connectivity index (χ0n) is 24.8. The number of amides is 2. The van der Waals surface area contributed by atoms with E-state index in [4.69, 9.17) is 28.4 Å². The SMILES string of the molecule is CCOC(=O)[C@@H]1C[C@@]12O[C@@H](n1cnc3c(N(C(=O)OC(C)(C)C)C(=O)OC(C)(C)C)ncnc31)C1OC(C)(C)O[C@H]12. The monoisotopic (exact) mass is 575 g/mol. The third kappa shape index (κ3) is 5.35. The summed E-state index contributed by atoms with van der Waals surface area (Å²) in [6, 6.07) is 0. The molecule has 0 radical (unpaired) electrons. The lowest BCUT2D eigenvalue weighted by Gasteiger charge is -2.28. The third-order valence-corrected chi connectivity index (χ3v) is 6.73. The minimum atomic E-state index is -0.984. The Bertz CT molecular complexity index is 1350. The van der Waals surface area contributed by atoms with E-state index in [-0.39, 0.29) is 29.6 Å². The largest absolute Gasteiger partial charge is 0.466 e. The molecule has 2 aromatic heterocycles. The summed E-state index contributed by atoms with van der Waals surface area (Å²) >= 11 is 0. The molecule has 3 aliphatic rings. The Morgan fingerprint density at radius 1 is 1.00 bits per heavy atom. The topological polar surface area (TPSA) is 153 Å². The Balaban J connectivity index is 1.54. The molecule has 14 heteroatoms. The maximum atomic E-state index is 13.3. The number of ether oxygens (including phenoxy) is 6. The minimum absolute atomic E-state index is 0.124. The molecule has 2 aromatic rings. The van der Waals surface area contributed by atoms with Gasteiger partial charge in [0.05, 0.1) is 18.9 Å². The number of nitrogens with zero attached hydrogens (tertiary/aromatic N) is 5. The zero-order chi connectivity index (χ0) is 30.1. The summed E-state index contributed by atoms with van der Waals surface area (Å²) in [7, 11) is 0. The highest BCUT2D eigenvalue weighted by Gasteiger charge is 2.76. The van der Waals surface area contributed by atoms with Crippen LogP contribution in [0.3, 0.4) is 0 Å². The quantitative estimate of drug-likeness (QED) is 0.384. The fourth-order valence-electron chi connectivity index (χ4n) is 5.23. The molecular formula is C27H37N5O9. The fraction of sp³-hybridized carbons (Fsp3) is 0.704. The first-order valence-electron chi connectivity index (χ1n) is 13.6. The predicted molar refractivity (Wildman–Crippen MR) is 142 cm³/mol. The standard InChI is InChI=1S/C27H37N5O9/c1-10-36-21(33)14-11-27(14)17-16(37-26(8,9)38-17)20(39-27)31-13-30-15-18(31)28-12-29-19(15)32(22(34)40-24(2,3)4)23(35)41-25(5,6)7/h12-14,16-17,20H,10-11H2,1-9H3/t14-,16?,17+,20+,27+/m0/s1. The van der Waals surface area contributed by atoms with Crippen molar-refractivity contribution in [3.63, 3.8) is 0 Å². The van der Waals surface area contributed by atoms with Gasteiger partial charge in [0, 0.05) is 0 Å². The highest BCUT2D eigenvalue weighted by atomic mass is 16.8. The number of fused-ring (bicyclic) bond motifs is 3. The van der Waals surface area contributed by atoms with E-state index in [9.17, 15) is 14.4 Å².